The molecule has 2 aromatic carbocycles. The summed E-state index contributed by atoms with van der Waals surface area (Å²) in [5.74, 6) is 0. The van der Waals surface area contributed by atoms with Crippen molar-refractivity contribution in [3.8, 4) is 0 Å². The summed E-state index contributed by atoms with van der Waals surface area (Å²) < 4.78 is 13.3. The first kappa shape index (κ1) is 30.5. The lowest BCUT2D eigenvalue weighted by Gasteiger charge is -2.37. The van der Waals surface area contributed by atoms with Gasteiger partial charge in [-0.25, -0.2) is 0 Å². The summed E-state index contributed by atoms with van der Waals surface area (Å²) >= 11 is 0. The first-order chi connectivity index (χ1) is 16.5. The molecule has 0 spiro atoms. The van der Waals surface area contributed by atoms with Gasteiger partial charge in [0, 0.05) is 25.7 Å². The molecule has 0 aliphatic carbocycles. The van der Waals surface area contributed by atoms with Crippen LogP contribution in [-0.4, -0.2) is 30.0 Å². The Bertz CT molecular complexity index is 1020. The zero-order valence-corrected chi connectivity index (χ0v) is 26.6. The Morgan fingerprint density at radius 1 is 0.778 bits per heavy atom. The van der Waals surface area contributed by atoms with Gasteiger partial charge in [0.2, 0.25) is 0 Å². The van der Waals surface area contributed by atoms with Gasteiger partial charge in [0.05, 0.1) is 13.2 Å². The zero-order chi connectivity index (χ0) is 27.4. The molecule has 6 heteroatoms. The minimum Gasteiger partial charge on any atom is -0.413 e. The van der Waals surface area contributed by atoms with E-state index < -0.39 is 16.6 Å². The Hall–Kier alpha value is -1.74. The highest BCUT2D eigenvalue weighted by molar-refractivity contribution is 6.74. The average molecular weight is 528 g/mol. The number of rotatable bonds is 11. The fourth-order valence-electron chi connectivity index (χ4n) is 3.38. The summed E-state index contributed by atoms with van der Waals surface area (Å²) in [6.45, 7) is 24.9. The Kier molecular flexibility index (Phi) is 9.96. The lowest BCUT2D eigenvalue weighted by atomic mass is 10.0. The summed E-state index contributed by atoms with van der Waals surface area (Å²) in [4.78, 5) is 13.2. The molecule has 36 heavy (non-hydrogen) atoms. The second kappa shape index (κ2) is 11.8. The number of carbonyl (C=O) groups excluding carboxylic acids is 1. The van der Waals surface area contributed by atoms with E-state index in [2.05, 4.69) is 110 Å². The van der Waals surface area contributed by atoms with Gasteiger partial charge >= 0.3 is 0 Å². The van der Waals surface area contributed by atoms with E-state index in [-0.39, 0.29) is 10.1 Å². The van der Waals surface area contributed by atoms with Crippen LogP contribution in [0.25, 0.3) is 0 Å². The number of anilines is 1. The summed E-state index contributed by atoms with van der Waals surface area (Å²) in [5.41, 5.74) is 5.83. The Balaban J connectivity index is 2.31. The maximum absolute atomic E-state index is 10.9. The molecule has 0 heterocycles. The summed E-state index contributed by atoms with van der Waals surface area (Å²) in [6, 6.07) is 14.9. The molecule has 0 saturated heterocycles. The second-order valence-electron chi connectivity index (χ2n) is 13.1. The molecule has 0 radical (unpaired) electrons. The molecule has 0 N–H and O–H groups in total. The maximum Gasteiger partial charge on any atom is 0.192 e. The Labute approximate surface area is 222 Å². The highest BCUT2D eigenvalue weighted by atomic mass is 28.4. The first-order valence-corrected chi connectivity index (χ1v) is 18.9. The normalized spacial score (nSPS) is 13.1. The lowest BCUT2D eigenvalue weighted by molar-refractivity contribution is -0.107. The van der Waals surface area contributed by atoms with Crippen molar-refractivity contribution >= 4 is 28.6 Å². The lowest BCUT2D eigenvalue weighted by Crippen LogP contribution is -2.41. The second-order valence-corrected chi connectivity index (χ2v) is 22.7. The largest absolute Gasteiger partial charge is 0.413 e. The predicted molar refractivity (Wildman–Crippen MR) is 159 cm³/mol. The summed E-state index contributed by atoms with van der Waals surface area (Å²) in [6.07, 6.45) is 1.40. The standard InChI is InChI=1S/C30H49NO3Si2/c1-29(2,3)35(8,9)33-22-26-16-15-25(19-27(26)23-34-36(10,11)30(4,5)6)21-31(7)28-14-12-13-24(20-28)17-18-32/h12-16,18-20H,17,21-23H2,1-11H3. The molecule has 200 valence electrons. The number of benzene rings is 2. The van der Waals surface area contributed by atoms with Crippen molar-refractivity contribution in [3.63, 3.8) is 0 Å². The van der Waals surface area contributed by atoms with E-state index in [0.29, 0.717) is 19.6 Å². The van der Waals surface area contributed by atoms with Crippen molar-refractivity contribution in [1.82, 2.24) is 0 Å². The molecule has 0 amide bonds. The van der Waals surface area contributed by atoms with Gasteiger partial charge in [-0.3, -0.25) is 0 Å². The first-order valence-electron chi connectivity index (χ1n) is 13.1. The predicted octanol–water partition coefficient (Wildman–Crippen LogP) is 8.11. The van der Waals surface area contributed by atoms with Crippen LogP contribution in [-0.2, 0) is 39.8 Å². The summed E-state index contributed by atoms with van der Waals surface area (Å²) in [7, 11) is -1.65. The number of hydrogen-bond acceptors (Lipinski definition) is 4. The SMILES string of the molecule is CN(Cc1ccc(CO[Si](C)(C)C(C)(C)C)c(CO[Si](C)(C)C(C)(C)C)c1)c1cccc(CC=O)c1. The molecule has 0 saturated carbocycles. The van der Waals surface area contributed by atoms with Crippen LogP contribution in [0.2, 0.25) is 36.3 Å². The van der Waals surface area contributed by atoms with Gasteiger partial charge in [-0.2, -0.15) is 0 Å². The van der Waals surface area contributed by atoms with Gasteiger partial charge in [0.1, 0.15) is 6.29 Å². The van der Waals surface area contributed by atoms with E-state index in [1.54, 1.807) is 0 Å². The van der Waals surface area contributed by atoms with E-state index in [9.17, 15) is 4.79 Å². The van der Waals surface area contributed by atoms with Gasteiger partial charge in [-0.1, -0.05) is 71.9 Å². The highest BCUT2D eigenvalue weighted by Gasteiger charge is 2.38. The molecular weight excluding hydrogens is 479 g/mol. The van der Waals surface area contributed by atoms with Crippen molar-refractivity contribution in [2.75, 3.05) is 11.9 Å². The number of aldehydes is 1. The molecule has 0 bridgehead atoms. The molecule has 2 rings (SSSR count). The monoisotopic (exact) mass is 527 g/mol. The summed E-state index contributed by atoms with van der Waals surface area (Å²) in [5, 5.41) is 0.334. The minimum atomic E-state index is -1.89. The maximum atomic E-state index is 10.9. The van der Waals surface area contributed by atoms with Crippen LogP contribution in [0.5, 0.6) is 0 Å². The quantitative estimate of drug-likeness (QED) is 0.218. The number of hydrogen-bond donors (Lipinski definition) is 0. The van der Waals surface area contributed by atoms with E-state index in [1.165, 1.54) is 16.7 Å². The van der Waals surface area contributed by atoms with E-state index in [4.69, 9.17) is 8.85 Å². The fraction of sp³-hybridized carbons (Fsp3) is 0.567. The van der Waals surface area contributed by atoms with Crippen molar-refractivity contribution in [3.05, 3.63) is 64.7 Å². The Morgan fingerprint density at radius 3 is 1.86 bits per heavy atom. The van der Waals surface area contributed by atoms with Gasteiger partial charge in [0.15, 0.2) is 16.6 Å². The molecule has 0 unspecified atom stereocenters. The van der Waals surface area contributed by atoms with Crippen LogP contribution < -0.4 is 4.90 Å². The van der Waals surface area contributed by atoms with Crippen molar-refractivity contribution in [2.45, 2.75) is 104 Å². The molecule has 0 atom stereocenters. The molecule has 4 nitrogen and oxygen atoms in total. The highest BCUT2D eigenvalue weighted by Crippen LogP contribution is 2.39. The molecule has 0 aromatic heterocycles. The third kappa shape index (κ3) is 8.13. The molecule has 2 aromatic rings. The van der Waals surface area contributed by atoms with Gasteiger partial charge < -0.3 is 18.5 Å². The molecular formula is C30H49NO3Si2. The third-order valence-electron chi connectivity index (χ3n) is 8.15. The van der Waals surface area contributed by atoms with Gasteiger partial charge in [0.25, 0.3) is 0 Å². The molecule has 0 aliphatic rings. The number of carbonyl (C=O) groups is 1. The van der Waals surface area contributed by atoms with Crippen LogP contribution >= 0.6 is 0 Å². The van der Waals surface area contributed by atoms with E-state index in [1.807, 2.05) is 12.1 Å². The van der Waals surface area contributed by atoms with Crippen LogP contribution in [0.1, 0.15) is 63.8 Å². The Morgan fingerprint density at radius 2 is 1.33 bits per heavy atom. The molecule has 0 aliphatic heterocycles. The van der Waals surface area contributed by atoms with Crippen LogP contribution in [0.15, 0.2) is 42.5 Å². The minimum absolute atomic E-state index is 0.162. The third-order valence-corrected chi connectivity index (χ3v) is 17.1. The van der Waals surface area contributed by atoms with Crippen molar-refractivity contribution in [1.29, 1.82) is 0 Å². The smallest absolute Gasteiger partial charge is 0.192 e. The fourth-order valence-corrected chi connectivity index (χ4v) is 5.28. The molecule has 0 fully saturated rings. The van der Waals surface area contributed by atoms with Crippen LogP contribution in [0, 0.1) is 0 Å². The van der Waals surface area contributed by atoms with Crippen molar-refractivity contribution in [2.24, 2.45) is 0 Å². The van der Waals surface area contributed by atoms with Crippen LogP contribution in [0.4, 0.5) is 5.69 Å². The number of nitrogens with zero attached hydrogens (tertiary/aromatic N) is 1. The van der Waals surface area contributed by atoms with E-state index in [0.717, 1.165) is 24.1 Å². The van der Waals surface area contributed by atoms with Gasteiger partial charge in [-0.05, 0) is 70.7 Å². The van der Waals surface area contributed by atoms with Gasteiger partial charge in [-0.15, -0.1) is 0 Å². The van der Waals surface area contributed by atoms with E-state index >= 15 is 0 Å². The van der Waals surface area contributed by atoms with Crippen molar-refractivity contribution < 1.29 is 13.6 Å². The zero-order valence-electron chi connectivity index (χ0n) is 24.6. The average Bonchev–Trinajstić information content (AvgIpc) is 2.76. The van der Waals surface area contributed by atoms with Crippen LogP contribution in [0.3, 0.4) is 0 Å². The topological polar surface area (TPSA) is 38.8 Å².